The lowest BCUT2D eigenvalue weighted by Crippen LogP contribution is -2.14. The van der Waals surface area contributed by atoms with Gasteiger partial charge in [0.2, 0.25) is 0 Å². The van der Waals surface area contributed by atoms with E-state index in [-0.39, 0.29) is 18.7 Å². The fraction of sp³-hybridized carbons (Fsp3) is 0.250. The Bertz CT molecular complexity index is 517. The number of alkyl halides is 3. The molecule has 0 saturated heterocycles. The van der Waals surface area contributed by atoms with E-state index in [1.54, 1.807) is 30.3 Å². The Balaban J connectivity index is 2.52. The van der Waals surface area contributed by atoms with Crippen LogP contribution in [0.1, 0.15) is 11.3 Å². The molecule has 0 unspecified atom stereocenters. The number of halogens is 3. The van der Waals surface area contributed by atoms with Crippen molar-refractivity contribution in [3.05, 3.63) is 47.8 Å². The van der Waals surface area contributed by atoms with Crippen molar-refractivity contribution in [1.82, 2.24) is 9.78 Å². The topological polar surface area (TPSA) is 43.8 Å². The Hall–Kier alpha value is -1.82. The fourth-order valence-electron chi connectivity index (χ4n) is 1.78. The van der Waals surface area contributed by atoms with Crippen molar-refractivity contribution in [1.29, 1.82) is 0 Å². The molecule has 0 spiro atoms. The standard InChI is InChI=1S/C12H12F3N3/c13-12(14,15)10-8-17-18(11(10)6-7-16)9-4-2-1-3-5-9/h1-5,8H,6-7,16H2. The van der Waals surface area contributed by atoms with Crippen LogP contribution in [0.5, 0.6) is 0 Å². The van der Waals surface area contributed by atoms with Gasteiger partial charge < -0.3 is 5.73 Å². The van der Waals surface area contributed by atoms with Crippen LogP contribution in [0, 0.1) is 0 Å². The van der Waals surface area contributed by atoms with Gasteiger partial charge in [0.25, 0.3) is 0 Å². The summed E-state index contributed by atoms with van der Waals surface area (Å²) in [6.45, 7) is 0.140. The van der Waals surface area contributed by atoms with Gasteiger partial charge in [0, 0.05) is 6.42 Å². The quantitative estimate of drug-likeness (QED) is 0.915. The van der Waals surface area contributed by atoms with E-state index in [0.29, 0.717) is 5.69 Å². The van der Waals surface area contributed by atoms with Crippen molar-refractivity contribution in [3.63, 3.8) is 0 Å². The van der Waals surface area contributed by atoms with Crippen molar-refractivity contribution < 1.29 is 13.2 Å². The summed E-state index contributed by atoms with van der Waals surface area (Å²) < 4.78 is 39.7. The predicted molar refractivity (Wildman–Crippen MR) is 61.3 cm³/mol. The second-order valence-electron chi connectivity index (χ2n) is 3.79. The van der Waals surface area contributed by atoms with Crippen molar-refractivity contribution in [3.8, 4) is 5.69 Å². The van der Waals surface area contributed by atoms with Crippen molar-refractivity contribution >= 4 is 0 Å². The lowest BCUT2D eigenvalue weighted by atomic mass is 10.2. The minimum atomic E-state index is -4.41. The van der Waals surface area contributed by atoms with Gasteiger partial charge >= 0.3 is 6.18 Å². The number of benzene rings is 1. The maximum absolute atomic E-state index is 12.8. The molecule has 2 aromatic rings. The molecule has 0 aliphatic carbocycles. The largest absolute Gasteiger partial charge is 0.419 e. The van der Waals surface area contributed by atoms with Crippen LogP contribution < -0.4 is 5.73 Å². The Kier molecular flexibility index (Phi) is 3.38. The number of nitrogens with zero attached hydrogens (tertiary/aromatic N) is 2. The molecule has 0 bridgehead atoms. The third kappa shape index (κ3) is 2.38. The van der Waals surface area contributed by atoms with Crippen LogP contribution in [0.25, 0.3) is 5.69 Å². The van der Waals surface area contributed by atoms with E-state index in [4.69, 9.17) is 5.73 Å². The summed E-state index contributed by atoms with van der Waals surface area (Å²) in [5.41, 5.74) is 5.33. The van der Waals surface area contributed by atoms with Crippen LogP contribution in [-0.2, 0) is 12.6 Å². The molecule has 2 N–H and O–H groups in total. The number of hydrogen-bond donors (Lipinski definition) is 1. The predicted octanol–water partition coefficient (Wildman–Crippen LogP) is 2.39. The van der Waals surface area contributed by atoms with Crippen molar-refractivity contribution in [2.45, 2.75) is 12.6 Å². The third-order valence-electron chi connectivity index (χ3n) is 2.56. The van der Waals surface area contributed by atoms with Crippen LogP contribution in [0.2, 0.25) is 0 Å². The van der Waals surface area contributed by atoms with Crippen LogP contribution in [0.3, 0.4) is 0 Å². The van der Waals surface area contributed by atoms with Gasteiger partial charge in [0.05, 0.1) is 23.1 Å². The first kappa shape index (κ1) is 12.6. The van der Waals surface area contributed by atoms with E-state index in [1.165, 1.54) is 4.68 Å². The normalized spacial score (nSPS) is 11.8. The second-order valence-corrected chi connectivity index (χ2v) is 3.79. The number of para-hydroxylation sites is 1. The smallest absolute Gasteiger partial charge is 0.330 e. The number of hydrogen-bond acceptors (Lipinski definition) is 2. The van der Waals surface area contributed by atoms with Gasteiger partial charge in [0.1, 0.15) is 0 Å². The zero-order valence-corrected chi connectivity index (χ0v) is 9.48. The molecule has 0 radical (unpaired) electrons. The monoisotopic (exact) mass is 255 g/mol. The van der Waals surface area contributed by atoms with Gasteiger partial charge in [-0.1, -0.05) is 18.2 Å². The highest BCUT2D eigenvalue weighted by Crippen LogP contribution is 2.32. The summed E-state index contributed by atoms with van der Waals surface area (Å²) in [5.74, 6) is 0. The molecule has 0 aliphatic heterocycles. The number of rotatable bonds is 3. The summed E-state index contributed by atoms with van der Waals surface area (Å²) in [4.78, 5) is 0. The molecule has 6 heteroatoms. The Morgan fingerprint density at radius 1 is 1.17 bits per heavy atom. The average Bonchev–Trinajstić information content (AvgIpc) is 2.74. The third-order valence-corrected chi connectivity index (χ3v) is 2.56. The number of aromatic nitrogens is 2. The zero-order chi connectivity index (χ0) is 13.2. The molecular formula is C12H12F3N3. The maximum atomic E-state index is 12.8. The van der Waals surface area contributed by atoms with Crippen LogP contribution in [0.15, 0.2) is 36.5 Å². The Morgan fingerprint density at radius 2 is 1.83 bits per heavy atom. The zero-order valence-electron chi connectivity index (χ0n) is 9.48. The van der Waals surface area contributed by atoms with Crippen molar-refractivity contribution in [2.75, 3.05) is 6.54 Å². The fourth-order valence-corrected chi connectivity index (χ4v) is 1.78. The molecule has 2 rings (SSSR count). The first-order chi connectivity index (χ1) is 8.54. The summed E-state index contributed by atoms with van der Waals surface area (Å²) in [6.07, 6.45) is -3.43. The van der Waals surface area contributed by atoms with E-state index in [1.807, 2.05) is 0 Å². The first-order valence-corrected chi connectivity index (χ1v) is 5.43. The molecule has 96 valence electrons. The van der Waals surface area contributed by atoms with Crippen LogP contribution >= 0.6 is 0 Å². The highest BCUT2D eigenvalue weighted by atomic mass is 19.4. The molecule has 1 heterocycles. The highest BCUT2D eigenvalue weighted by Gasteiger charge is 2.36. The summed E-state index contributed by atoms with van der Waals surface area (Å²) >= 11 is 0. The van der Waals surface area contributed by atoms with E-state index in [2.05, 4.69) is 5.10 Å². The Morgan fingerprint density at radius 3 is 2.39 bits per heavy atom. The highest BCUT2D eigenvalue weighted by molar-refractivity contribution is 5.36. The van der Waals surface area contributed by atoms with Crippen LogP contribution in [-0.4, -0.2) is 16.3 Å². The number of nitrogens with two attached hydrogens (primary N) is 1. The second kappa shape index (κ2) is 4.81. The van der Waals surface area contributed by atoms with E-state index < -0.39 is 11.7 Å². The van der Waals surface area contributed by atoms with Crippen LogP contribution in [0.4, 0.5) is 13.2 Å². The van der Waals surface area contributed by atoms with Crippen molar-refractivity contribution in [2.24, 2.45) is 5.73 Å². The summed E-state index contributed by atoms with van der Waals surface area (Å²) in [6, 6.07) is 8.69. The van der Waals surface area contributed by atoms with Gasteiger partial charge in [-0.25, -0.2) is 4.68 Å². The molecule has 0 saturated carbocycles. The average molecular weight is 255 g/mol. The summed E-state index contributed by atoms with van der Waals surface area (Å²) in [7, 11) is 0. The Labute approximate surface area is 102 Å². The minimum Gasteiger partial charge on any atom is -0.330 e. The molecule has 18 heavy (non-hydrogen) atoms. The molecule has 1 aromatic carbocycles. The summed E-state index contributed by atoms with van der Waals surface area (Å²) in [5, 5.41) is 3.81. The lowest BCUT2D eigenvalue weighted by Gasteiger charge is -2.10. The van der Waals surface area contributed by atoms with E-state index in [0.717, 1.165) is 6.20 Å². The van der Waals surface area contributed by atoms with E-state index in [9.17, 15) is 13.2 Å². The lowest BCUT2D eigenvalue weighted by molar-refractivity contribution is -0.138. The molecule has 0 aliphatic rings. The SMILES string of the molecule is NCCc1c(C(F)(F)F)cnn1-c1ccccc1. The molecule has 1 aromatic heterocycles. The van der Waals surface area contributed by atoms with Gasteiger partial charge in [-0.05, 0) is 18.7 Å². The molecule has 0 atom stereocenters. The molecule has 0 amide bonds. The molecule has 3 nitrogen and oxygen atoms in total. The maximum Gasteiger partial charge on any atom is 0.419 e. The molecular weight excluding hydrogens is 243 g/mol. The van der Waals surface area contributed by atoms with Gasteiger partial charge in [-0.2, -0.15) is 18.3 Å². The minimum absolute atomic E-state index is 0.0937. The van der Waals surface area contributed by atoms with Gasteiger partial charge in [0.15, 0.2) is 0 Å². The van der Waals surface area contributed by atoms with Gasteiger partial charge in [-0.15, -0.1) is 0 Å². The van der Waals surface area contributed by atoms with Gasteiger partial charge in [-0.3, -0.25) is 0 Å². The first-order valence-electron chi connectivity index (χ1n) is 5.43. The van der Waals surface area contributed by atoms with E-state index >= 15 is 0 Å². The molecule has 0 fully saturated rings.